The fourth-order valence-corrected chi connectivity index (χ4v) is 1.98. The molecule has 0 atom stereocenters. The summed E-state index contributed by atoms with van der Waals surface area (Å²) >= 11 is 0. The molecule has 1 aromatic rings. The van der Waals surface area contributed by atoms with E-state index in [-0.39, 0.29) is 5.95 Å². The first-order valence-corrected chi connectivity index (χ1v) is 5.72. The third-order valence-electron chi connectivity index (χ3n) is 2.85. The van der Waals surface area contributed by atoms with Crippen molar-refractivity contribution in [2.24, 2.45) is 9.98 Å². The molecule has 2 aliphatic rings. The van der Waals surface area contributed by atoms with Gasteiger partial charge in [0.15, 0.2) is 11.6 Å². The van der Waals surface area contributed by atoms with Crippen LogP contribution in [0.15, 0.2) is 9.98 Å². The Morgan fingerprint density at radius 1 is 0.889 bits per heavy atom. The minimum absolute atomic E-state index is 0.204. The highest BCUT2D eigenvalue weighted by molar-refractivity contribution is 5.93. The summed E-state index contributed by atoms with van der Waals surface area (Å²) in [5, 5.41) is 0. The van der Waals surface area contributed by atoms with Crippen LogP contribution >= 0.6 is 0 Å². The quantitative estimate of drug-likeness (QED) is 0.716. The highest BCUT2D eigenvalue weighted by Gasteiger charge is 2.21. The predicted molar refractivity (Wildman–Crippen MR) is 72.3 cm³/mol. The summed E-state index contributed by atoms with van der Waals surface area (Å²) in [5.41, 5.74) is 12.4. The fourth-order valence-electron chi connectivity index (χ4n) is 1.98. The highest BCUT2D eigenvalue weighted by Crippen LogP contribution is 2.30. The van der Waals surface area contributed by atoms with E-state index in [9.17, 15) is 0 Å². The molecule has 0 fully saturated rings. The lowest BCUT2D eigenvalue weighted by molar-refractivity contribution is 0.975. The van der Waals surface area contributed by atoms with Gasteiger partial charge in [0.1, 0.15) is 5.69 Å². The van der Waals surface area contributed by atoms with Gasteiger partial charge in [-0.25, -0.2) is 0 Å². The first kappa shape index (κ1) is 10.8. The molecule has 0 radical (unpaired) electrons. The monoisotopic (exact) mass is 246 g/mol. The van der Waals surface area contributed by atoms with Crippen LogP contribution in [0.25, 0.3) is 0 Å². The van der Waals surface area contributed by atoms with Gasteiger partial charge in [0, 0.05) is 13.1 Å². The van der Waals surface area contributed by atoms with Crippen molar-refractivity contribution in [2.75, 3.05) is 47.4 Å². The Balaban J connectivity index is 2.03. The van der Waals surface area contributed by atoms with E-state index >= 15 is 0 Å². The third-order valence-corrected chi connectivity index (χ3v) is 2.85. The highest BCUT2D eigenvalue weighted by atomic mass is 15.3. The molecular weight excluding hydrogens is 232 g/mol. The summed E-state index contributed by atoms with van der Waals surface area (Å²) in [7, 11) is 0. The van der Waals surface area contributed by atoms with Crippen molar-refractivity contribution in [1.82, 2.24) is 9.97 Å². The molecule has 8 nitrogen and oxygen atoms in total. The van der Waals surface area contributed by atoms with Crippen molar-refractivity contribution < 1.29 is 0 Å². The molecule has 4 N–H and O–H groups in total. The van der Waals surface area contributed by atoms with E-state index in [4.69, 9.17) is 11.5 Å². The van der Waals surface area contributed by atoms with Gasteiger partial charge in [0.05, 0.1) is 25.8 Å². The fraction of sp³-hybridized carbons (Fsp3) is 0.400. The average molecular weight is 246 g/mol. The smallest absolute Gasteiger partial charge is 0.224 e. The summed E-state index contributed by atoms with van der Waals surface area (Å²) in [6, 6.07) is 0. The molecule has 0 aliphatic carbocycles. The molecule has 0 aromatic carbocycles. The van der Waals surface area contributed by atoms with Gasteiger partial charge in [-0.05, 0) is 0 Å². The number of aromatic nitrogens is 2. The standard InChI is InChI=1S/C10H14N8/c11-7-8(17-3-1-13-5-17)15-10(12)16-9(7)18-4-2-14-6-18/h5-6H,1-4,11H2,(H2,12,15,16). The van der Waals surface area contributed by atoms with Crippen LogP contribution in [-0.4, -0.2) is 48.8 Å². The lowest BCUT2D eigenvalue weighted by Crippen LogP contribution is -2.26. The van der Waals surface area contributed by atoms with Crippen LogP contribution in [0, 0.1) is 0 Å². The van der Waals surface area contributed by atoms with Gasteiger partial charge in [-0.1, -0.05) is 0 Å². The molecule has 8 heteroatoms. The second-order valence-corrected chi connectivity index (χ2v) is 4.07. The molecule has 0 unspecified atom stereocenters. The SMILES string of the molecule is Nc1nc(N2C=NCC2)c(N)c(N2C=NCC2)n1. The van der Waals surface area contributed by atoms with Crippen LogP contribution in [0.4, 0.5) is 23.3 Å². The van der Waals surface area contributed by atoms with Crippen LogP contribution in [0.2, 0.25) is 0 Å². The maximum absolute atomic E-state index is 6.12. The lowest BCUT2D eigenvalue weighted by Gasteiger charge is -2.21. The first-order valence-electron chi connectivity index (χ1n) is 5.72. The van der Waals surface area contributed by atoms with Crippen LogP contribution in [0.1, 0.15) is 0 Å². The van der Waals surface area contributed by atoms with Gasteiger partial charge in [-0.2, -0.15) is 9.97 Å². The van der Waals surface area contributed by atoms with Crippen molar-refractivity contribution in [3.63, 3.8) is 0 Å². The van der Waals surface area contributed by atoms with E-state index in [1.165, 1.54) is 0 Å². The minimum atomic E-state index is 0.204. The largest absolute Gasteiger partial charge is 0.393 e. The second kappa shape index (κ2) is 4.13. The number of nitrogens with two attached hydrogens (primary N) is 2. The Morgan fingerprint density at radius 3 is 1.78 bits per heavy atom. The normalized spacial score (nSPS) is 18.0. The summed E-state index contributed by atoms with van der Waals surface area (Å²) in [6.45, 7) is 3.00. The number of nitrogen functional groups attached to an aromatic ring is 2. The van der Waals surface area contributed by atoms with Crippen LogP contribution < -0.4 is 21.3 Å². The van der Waals surface area contributed by atoms with Crippen LogP contribution in [-0.2, 0) is 0 Å². The molecule has 0 spiro atoms. The van der Waals surface area contributed by atoms with E-state index in [0.717, 1.165) is 26.2 Å². The number of hydrogen-bond acceptors (Lipinski definition) is 8. The van der Waals surface area contributed by atoms with E-state index in [0.29, 0.717) is 17.3 Å². The lowest BCUT2D eigenvalue weighted by atomic mass is 10.3. The summed E-state index contributed by atoms with van der Waals surface area (Å²) in [4.78, 5) is 20.4. The number of nitrogens with zero attached hydrogens (tertiary/aromatic N) is 6. The van der Waals surface area contributed by atoms with Gasteiger partial charge in [0.25, 0.3) is 0 Å². The molecule has 3 rings (SSSR count). The maximum Gasteiger partial charge on any atom is 0.224 e. The average Bonchev–Trinajstić information content (AvgIpc) is 3.02. The summed E-state index contributed by atoms with van der Waals surface area (Å²) in [5.74, 6) is 1.42. The molecule has 0 amide bonds. The molecule has 18 heavy (non-hydrogen) atoms. The third kappa shape index (κ3) is 1.71. The topological polar surface area (TPSA) is 109 Å². The Hall–Kier alpha value is -2.38. The van der Waals surface area contributed by atoms with Crippen molar-refractivity contribution in [3.8, 4) is 0 Å². The van der Waals surface area contributed by atoms with E-state index < -0.39 is 0 Å². The van der Waals surface area contributed by atoms with Crippen molar-refractivity contribution in [2.45, 2.75) is 0 Å². The molecule has 3 heterocycles. The Morgan fingerprint density at radius 2 is 1.39 bits per heavy atom. The van der Waals surface area contributed by atoms with Gasteiger partial charge in [0.2, 0.25) is 5.95 Å². The zero-order valence-corrected chi connectivity index (χ0v) is 9.82. The number of aliphatic imine (C=N–C) groups is 2. The van der Waals surface area contributed by atoms with Gasteiger partial charge in [-0.15, -0.1) is 0 Å². The number of rotatable bonds is 2. The molecular formula is C10H14N8. The van der Waals surface area contributed by atoms with Gasteiger partial charge in [-0.3, -0.25) is 9.98 Å². The van der Waals surface area contributed by atoms with E-state index in [1.807, 2.05) is 9.80 Å². The summed E-state index contributed by atoms with van der Waals surface area (Å²) < 4.78 is 0. The predicted octanol–water partition coefficient (Wildman–Crippen LogP) is -0.662. The molecule has 2 aliphatic heterocycles. The van der Waals surface area contributed by atoms with Crippen LogP contribution in [0.3, 0.4) is 0 Å². The molecule has 0 bridgehead atoms. The van der Waals surface area contributed by atoms with Crippen LogP contribution in [0.5, 0.6) is 0 Å². The van der Waals surface area contributed by atoms with Gasteiger partial charge >= 0.3 is 0 Å². The van der Waals surface area contributed by atoms with Crippen molar-refractivity contribution in [3.05, 3.63) is 0 Å². The Kier molecular flexibility index (Phi) is 2.47. The second-order valence-electron chi connectivity index (χ2n) is 4.07. The van der Waals surface area contributed by atoms with E-state index in [1.54, 1.807) is 12.7 Å². The molecule has 1 aromatic heterocycles. The molecule has 0 saturated heterocycles. The zero-order chi connectivity index (χ0) is 12.5. The minimum Gasteiger partial charge on any atom is -0.393 e. The Labute approximate surface area is 104 Å². The van der Waals surface area contributed by atoms with Crippen molar-refractivity contribution in [1.29, 1.82) is 0 Å². The molecule has 0 saturated carbocycles. The molecule has 94 valence electrons. The maximum atomic E-state index is 6.12. The first-order chi connectivity index (χ1) is 8.75. The van der Waals surface area contributed by atoms with E-state index in [2.05, 4.69) is 20.0 Å². The van der Waals surface area contributed by atoms with Crippen molar-refractivity contribution >= 4 is 35.9 Å². The summed E-state index contributed by atoms with van der Waals surface area (Å²) in [6.07, 6.45) is 3.44. The Bertz CT molecular complexity index is 480. The zero-order valence-electron chi connectivity index (χ0n) is 9.82. The number of hydrogen-bond donors (Lipinski definition) is 2. The van der Waals surface area contributed by atoms with Gasteiger partial charge < -0.3 is 21.3 Å². The number of anilines is 4.